The molecule has 2 unspecified atom stereocenters. The van der Waals surface area contributed by atoms with Gasteiger partial charge in [0.15, 0.2) is 0 Å². The first-order valence-electron chi connectivity index (χ1n) is 15.7. The number of aryl methyl sites for hydroxylation is 1. The van der Waals surface area contributed by atoms with Crippen LogP contribution >= 0.6 is 11.6 Å². The van der Waals surface area contributed by atoms with Crippen molar-refractivity contribution in [1.82, 2.24) is 19.3 Å². The van der Waals surface area contributed by atoms with Crippen LogP contribution in [0.2, 0.25) is 5.02 Å². The molecular formula is C34H40ClFN4O5S. The van der Waals surface area contributed by atoms with Crippen molar-refractivity contribution in [2.24, 2.45) is 17.3 Å². The fourth-order valence-electron chi connectivity index (χ4n) is 7.16. The molecular weight excluding hydrogens is 631 g/mol. The molecule has 2 atom stereocenters. The second-order valence-electron chi connectivity index (χ2n) is 13.0. The second kappa shape index (κ2) is 12.7. The number of carbonyl (C=O) groups excluding carboxylic acids is 1. The van der Waals surface area contributed by atoms with E-state index in [2.05, 4.69) is 30.0 Å². The molecule has 0 N–H and O–H groups in total. The van der Waals surface area contributed by atoms with Crippen molar-refractivity contribution in [3.05, 3.63) is 76.3 Å². The first-order valence-corrected chi connectivity index (χ1v) is 17.5. The largest absolute Gasteiger partial charge is 0.497 e. The third-order valence-electron chi connectivity index (χ3n) is 10.2. The second-order valence-corrected chi connectivity index (χ2v) is 15.4. The Balaban J connectivity index is 1.20. The monoisotopic (exact) mass is 670 g/mol. The van der Waals surface area contributed by atoms with Crippen LogP contribution in [-0.4, -0.2) is 86.5 Å². The third kappa shape index (κ3) is 5.98. The van der Waals surface area contributed by atoms with E-state index in [1.807, 2.05) is 0 Å². The molecule has 3 aliphatic carbocycles. The number of nitrogens with zero attached hydrogens (tertiary/aromatic N) is 4. The summed E-state index contributed by atoms with van der Waals surface area (Å²) in [6.07, 6.45) is 4.39. The van der Waals surface area contributed by atoms with Crippen LogP contribution in [0, 0.1) is 30.0 Å². The maximum atomic E-state index is 15.0. The molecule has 2 heterocycles. The lowest BCUT2D eigenvalue weighted by Gasteiger charge is -2.57. The lowest BCUT2D eigenvalue weighted by molar-refractivity contribution is -0.0105. The molecule has 1 aliphatic heterocycles. The smallest absolute Gasteiger partial charge is 0.260 e. The van der Waals surface area contributed by atoms with E-state index in [1.54, 1.807) is 42.2 Å². The molecule has 1 amide bonds. The van der Waals surface area contributed by atoms with Crippen molar-refractivity contribution in [2.45, 2.75) is 38.5 Å². The molecule has 7 rings (SSSR count). The van der Waals surface area contributed by atoms with Crippen LogP contribution in [-0.2, 0) is 10.0 Å². The van der Waals surface area contributed by atoms with Gasteiger partial charge in [0, 0.05) is 45.8 Å². The van der Waals surface area contributed by atoms with Crippen LogP contribution in [0.25, 0.3) is 11.3 Å². The van der Waals surface area contributed by atoms with Gasteiger partial charge in [0.2, 0.25) is 10.0 Å². The molecule has 0 radical (unpaired) electrons. The van der Waals surface area contributed by atoms with Crippen molar-refractivity contribution in [1.29, 1.82) is 0 Å². The summed E-state index contributed by atoms with van der Waals surface area (Å²) >= 11 is 6.39. The Bertz CT molecular complexity index is 1730. The molecule has 1 saturated heterocycles. The summed E-state index contributed by atoms with van der Waals surface area (Å²) < 4.78 is 53.7. The zero-order valence-electron chi connectivity index (χ0n) is 26.6. The summed E-state index contributed by atoms with van der Waals surface area (Å²) in [5.41, 5.74) is 1.76. The van der Waals surface area contributed by atoms with Gasteiger partial charge in [0.1, 0.15) is 28.6 Å². The first-order chi connectivity index (χ1) is 21.9. The van der Waals surface area contributed by atoms with Gasteiger partial charge in [-0.15, -0.1) is 0 Å². The van der Waals surface area contributed by atoms with Crippen LogP contribution in [0.4, 0.5) is 4.39 Å². The molecule has 12 heteroatoms. The molecule has 1 saturated carbocycles. The molecule has 2 aromatic carbocycles. The van der Waals surface area contributed by atoms with Crippen LogP contribution in [0.3, 0.4) is 0 Å². The molecule has 3 aromatic rings. The zero-order chi connectivity index (χ0) is 32.8. The normalized spacial score (nSPS) is 21.4. The Morgan fingerprint density at radius 2 is 1.87 bits per heavy atom. The molecule has 4 aliphatic rings. The lowest BCUT2D eigenvalue weighted by atomic mass is 9.49. The molecule has 246 valence electrons. The number of ether oxygens (including phenoxy) is 1. The zero-order valence-corrected chi connectivity index (χ0v) is 28.2. The molecule has 2 bridgehead atoms. The molecule has 0 spiro atoms. The summed E-state index contributed by atoms with van der Waals surface area (Å²) in [4.78, 5) is 18.6. The number of piperazine rings is 1. The van der Waals surface area contributed by atoms with Gasteiger partial charge < -0.3 is 14.2 Å². The number of halogens is 2. The Morgan fingerprint density at radius 1 is 1.15 bits per heavy atom. The highest BCUT2D eigenvalue weighted by molar-refractivity contribution is 7.89. The summed E-state index contributed by atoms with van der Waals surface area (Å²) in [6, 6.07) is 10.8. The number of rotatable bonds is 10. The summed E-state index contributed by atoms with van der Waals surface area (Å²) in [5.74, 6) is 1.07. The quantitative estimate of drug-likeness (QED) is 0.248. The Kier molecular flexibility index (Phi) is 9.06. The predicted octanol–water partition coefficient (Wildman–Crippen LogP) is 5.89. The highest BCUT2D eigenvalue weighted by atomic mass is 35.5. The minimum absolute atomic E-state index is 0.0401. The number of hydrogen-bond donors (Lipinski definition) is 0. The Hall–Kier alpha value is -3.25. The van der Waals surface area contributed by atoms with E-state index in [1.165, 1.54) is 29.1 Å². The number of fused-ring (bicyclic) bond motifs is 1. The van der Waals surface area contributed by atoms with Crippen molar-refractivity contribution >= 4 is 27.5 Å². The Morgan fingerprint density at radius 3 is 2.50 bits per heavy atom. The van der Waals surface area contributed by atoms with E-state index in [-0.39, 0.29) is 38.1 Å². The number of aromatic nitrogens is 1. The number of allylic oxidation sites excluding steroid dienone is 1. The summed E-state index contributed by atoms with van der Waals surface area (Å²) in [5, 5.41) is 4.23. The molecule has 2 fully saturated rings. The van der Waals surface area contributed by atoms with Gasteiger partial charge in [0.05, 0.1) is 22.6 Å². The summed E-state index contributed by atoms with van der Waals surface area (Å²) in [7, 11) is -2.10. The topological polar surface area (TPSA) is 96.2 Å². The first kappa shape index (κ1) is 32.7. The van der Waals surface area contributed by atoms with Crippen molar-refractivity contribution in [2.75, 3.05) is 52.9 Å². The van der Waals surface area contributed by atoms with Gasteiger partial charge in [-0.2, -0.15) is 4.31 Å². The maximum absolute atomic E-state index is 15.0. The average molecular weight is 671 g/mol. The van der Waals surface area contributed by atoms with Crippen LogP contribution < -0.4 is 4.74 Å². The number of carbonyl (C=O) groups is 1. The van der Waals surface area contributed by atoms with Gasteiger partial charge in [-0.05, 0) is 73.4 Å². The number of sulfonamides is 1. The van der Waals surface area contributed by atoms with Crippen LogP contribution in [0.5, 0.6) is 5.75 Å². The van der Waals surface area contributed by atoms with E-state index >= 15 is 0 Å². The van der Waals surface area contributed by atoms with E-state index in [0.29, 0.717) is 69.2 Å². The predicted molar refractivity (Wildman–Crippen MR) is 174 cm³/mol. The number of amides is 1. The maximum Gasteiger partial charge on any atom is 0.260 e. The van der Waals surface area contributed by atoms with Crippen molar-refractivity contribution in [3.8, 4) is 17.0 Å². The van der Waals surface area contributed by atoms with Crippen molar-refractivity contribution < 1.29 is 26.9 Å². The van der Waals surface area contributed by atoms with E-state index < -0.39 is 15.8 Å². The fraction of sp³-hybridized carbons (Fsp3) is 0.471. The van der Waals surface area contributed by atoms with E-state index in [4.69, 9.17) is 20.9 Å². The Labute approximate surface area is 275 Å². The number of methoxy groups -OCH3 is 1. The molecule has 9 nitrogen and oxygen atoms in total. The number of benzene rings is 2. The van der Waals surface area contributed by atoms with E-state index in [9.17, 15) is 17.6 Å². The average Bonchev–Trinajstić information content (AvgIpc) is 3.43. The lowest BCUT2D eigenvalue weighted by Crippen LogP contribution is -2.52. The minimum Gasteiger partial charge on any atom is -0.497 e. The van der Waals surface area contributed by atoms with Gasteiger partial charge >= 0.3 is 0 Å². The minimum atomic E-state index is -3.64. The van der Waals surface area contributed by atoms with Gasteiger partial charge in [-0.1, -0.05) is 48.3 Å². The molecule has 46 heavy (non-hydrogen) atoms. The van der Waals surface area contributed by atoms with Gasteiger partial charge in [0.25, 0.3) is 5.91 Å². The van der Waals surface area contributed by atoms with Crippen LogP contribution in [0.1, 0.15) is 42.8 Å². The number of hydrogen-bond acceptors (Lipinski definition) is 7. The SMILES string of the molecule is COc1ccc(S(=O)(=O)N2CCN(CCN(CC3=CCC4CC3C4(C)C)C(=O)c3c(-c4c(F)cccc4Cl)noc3C)CC2)cc1. The summed E-state index contributed by atoms with van der Waals surface area (Å²) in [6.45, 7) is 9.37. The fourth-order valence-corrected chi connectivity index (χ4v) is 8.83. The highest BCUT2D eigenvalue weighted by Crippen LogP contribution is 2.59. The van der Waals surface area contributed by atoms with Gasteiger partial charge in [-0.3, -0.25) is 9.69 Å². The standard InChI is InChI=1S/C34H40ClFN4O5S/c1-22-30(32(37-45-22)31-28(35)6-5-7-29(31)36)33(41)39(21-23-8-9-24-20-27(23)34(24,2)3)17-14-38-15-18-40(19-16-38)46(42,43)26-12-10-25(44-4)11-13-26/h5-8,10-13,24,27H,9,14-21H2,1-4H3. The third-order valence-corrected chi connectivity index (χ3v) is 12.5. The van der Waals surface area contributed by atoms with Gasteiger partial charge in [-0.25, -0.2) is 12.8 Å². The highest BCUT2D eigenvalue weighted by Gasteiger charge is 2.51. The molecule has 1 aromatic heterocycles. The van der Waals surface area contributed by atoms with Crippen LogP contribution in [0.15, 0.2) is 63.5 Å². The van der Waals surface area contributed by atoms with E-state index in [0.717, 1.165) is 12.8 Å². The van der Waals surface area contributed by atoms with Crippen molar-refractivity contribution in [3.63, 3.8) is 0 Å².